The van der Waals surface area contributed by atoms with E-state index in [1.165, 1.54) is 32.1 Å². The number of hydrogen-bond donors (Lipinski definition) is 1. The van der Waals surface area contributed by atoms with E-state index in [-0.39, 0.29) is 5.41 Å². The Morgan fingerprint density at radius 1 is 1.05 bits per heavy atom. The van der Waals surface area contributed by atoms with Crippen LogP contribution < -0.4 is 0 Å². The highest BCUT2D eigenvalue weighted by Gasteiger charge is 2.33. The SMILES string of the molecule is CC(C)CN(CCN(C)C)CC1(CO)CCCCC1. The molecule has 0 atom stereocenters. The van der Waals surface area contributed by atoms with E-state index in [1.807, 2.05) is 0 Å². The maximum Gasteiger partial charge on any atom is 0.0499 e. The molecule has 0 aromatic carbocycles. The molecule has 1 saturated carbocycles. The summed E-state index contributed by atoms with van der Waals surface area (Å²) in [7, 11) is 4.27. The topological polar surface area (TPSA) is 26.7 Å². The Kier molecular flexibility index (Phi) is 7.33. The van der Waals surface area contributed by atoms with Crippen molar-refractivity contribution in [1.82, 2.24) is 9.80 Å². The van der Waals surface area contributed by atoms with Crippen LogP contribution in [0, 0.1) is 11.3 Å². The lowest BCUT2D eigenvalue weighted by Crippen LogP contribution is -2.45. The summed E-state index contributed by atoms with van der Waals surface area (Å²) >= 11 is 0. The van der Waals surface area contributed by atoms with Crippen molar-refractivity contribution in [3.63, 3.8) is 0 Å². The molecule has 0 radical (unpaired) electrons. The number of aliphatic hydroxyl groups excluding tert-OH is 1. The number of aliphatic hydroxyl groups is 1. The molecule has 0 aromatic heterocycles. The van der Waals surface area contributed by atoms with Crippen LogP contribution in [0.3, 0.4) is 0 Å². The zero-order valence-corrected chi connectivity index (χ0v) is 13.5. The lowest BCUT2D eigenvalue weighted by Gasteiger charge is -2.40. The van der Waals surface area contributed by atoms with Crippen molar-refractivity contribution in [2.24, 2.45) is 11.3 Å². The van der Waals surface area contributed by atoms with Crippen LogP contribution in [0.15, 0.2) is 0 Å². The van der Waals surface area contributed by atoms with Gasteiger partial charge in [0.1, 0.15) is 0 Å². The largest absolute Gasteiger partial charge is 0.396 e. The van der Waals surface area contributed by atoms with Crippen LogP contribution in [0.2, 0.25) is 0 Å². The fourth-order valence-electron chi connectivity index (χ4n) is 3.24. The highest BCUT2D eigenvalue weighted by Crippen LogP contribution is 2.36. The van der Waals surface area contributed by atoms with Gasteiger partial charge in [0.05, 0.1) is 0 Å². The zero-order chi connectivity index (χ0) is 14.3. The fraction of sp³-hybridized carbons (Fsp3) is 1.00. The van der Waals surface area contributed by atoms with E-state index in [9.17, 15) is 5.11 Å². The second kappa shape index (κ2) is 8.23. The maximum absolute atomic E-state index is 9.86. The predicted molar refractivity (Wildman–Crippen MR) is 82.4 cm³/mol. The standard InChI is InChI=1S/C16H34N2O/c1-15(2)12-18(11-10-17(3)4)13-16(14-19)8-6-5-7-9-16/h15,19H,5-14H2,1-4H3. The lowest BCUT2D eigenvalue weighted by atomic mass is 9.74. The molecule has 0 aromatic rings. The van der Waals surface area contributed by atoms with Gasteiger partial charge < -0.3 is 14.9 Å². The molecular weight excluding hydrogens is 236 g/mol. The van der Waals surface area contributed by atoms with Crippen molar-refractivity contribution in [2.75, 3.05) is 46.9 Å². The molecule has 0 unspecified atom stereocenters. The summed E-state index contributed by atoms with van der Waals surface area (Å²) in [5.74, 6) is 0.696. The van der Waals surface area contributed by atoms with Crippen molar-refractivity contribution >= 4 is 0 Å². The summed E-state index contributed by atoms with van der Waals surface area (Å²) in [6.07, 6.45) is 6.36. The Labute approximate surface area is 120 Å². The third kappa shape index (κ3) is 6.24. The molecule has 3 heteroatoms. The average Bonchev–Trinajstić information content (AvgIpc) is 2.36. The van der Waals surface area contributed by atoms with Crippen molar-refractivity contribution in [1.29, 1.82) is 0 Å². The van der Waals surface area contributed by atoms with Crippen LogP contribution in [0.25, 0.3) is 0 Å². The minimum atomic E-state index is 0.180. The highest BCUT2D eigenvalue weighted by molar-refractivity contribution is 4.85. The summed E-state index contributed by atoms with van der Waals surface area (Å²) in [4.78, 5) is 4.83. The molecule has 1 fully saturated rings. The molecule has 0 aliphatic heterocycles. The van der Waals surface area contributed by atoms with Crippen LogP contribution in [-0.2, 0) is 0 Å². The minimum Gasteiger partial charge on any atom is -0.396 e. The van der Waals surface area contributed by atoms with Gasteiger partial charge in [-0.15, -0.1) is 0 Å². The van der Waals surface area contributed by atoms with Crippen LogP contribution in [0.4, 0.5) is 0 Å². The monoisotopic (exact) mass is 270 g/mol. The van der Waals surface area contributed by atoms with E-state index in [4.69, 9.17) is 0 Å². The van der Waals surface area contributed by atoms with E-state index in [0.29, 0.717) is 12.5 Å². The molecule has 0 heterocycles. The minimum absolute atomic E-state index is 0.180. The van der Waals surface area contributed by atoms with Gasteiger partial charge in [-0.2, -0.15) is 0 Å². The summed E-state index contributed by atoms with van der Waals surface area (Å²) in [5.41, 5.74) is 0.180. The molecule has 1 aliphatic carbocycles. The van der Waals surface area contributed by atoms with E-state index in [0.717, 1.165) is 26.2 Å². The molecule has 0 bridgehead atoms. The first-order chi connectivity index (χ1) is 8.97. The number of rotatable bonds is 8. The van der Waals surface area contributed by atoms with E-state index in [1.54, 1.807) is 0 Å². The first-order valence-electron chi connectivity index (χ1n) is 7.95. The van der Waals surface area contributed by atoms with E-state index >= 15 is 0 Å². The molecule has 3 nitrogen and oxygen atoms in total. The smallest absolute Gasteiger partial charge is 0.0499 e. The van der Waals surface area contributed by atoms with Gasteiger partial charge in [0.25, 0.3) is 0 Å². The zero-order valence-electron chi connectivity index (χ0n) is 13.5. The third-order valence-corrected chi connectivity index (χ3v) is 4.30. The second-order valence-corrected chi connectivity index (χ2v) is 7.15. The number of hydrogen-bond acceptors (Lipinski definition) is 3. The maximum atomic E-state index is 9.86. The van der Waals surface area contributed by atoms with Crippen LogP contribution in [0.1, 0.15) is 46.0 Å². The van der Waals surface area contributed by atoms with Gasteiger partial charge in [-0.25, -0.2) is 0 Å². The van der Waals surface area contributed by atoms with Crippen molar-refractivity contribution in [3.8, 4) is 0 Å². The molecular formula is C16H34N2O. The molecule has 0 amide bonds. The van der Waals surface area contributed by atoms with Crippen LogP contribution in [0.5, 0.6) is 0 Å². The Morgan fingerprint density at radius 3 is 2.16 bits per heavy atom. The van der Waals surface area contributed by atoms with Gasteiger partial charge >= 0.3 is 0 Å². The molecule has 19 heavy (non-hydrogen) atoms. The molecule has 1 N–H and O–H groups in total. The Bertz CT molecular complexity index is 235. The summed E-state index contributed by atoms with van der Waals surface area (Å²) in [5, 5.41) is 9.86. The predicted octanol–water partition coefficient (Wildman–Crippen LogP) is 2.45. The second-order valence-electron chi connectivity index (χ2n) is 7.15. The Hall–Kier alpha value is -0.120. The first-order valence-corrected chi connectivity index (χ1v) is 7.95. The van der Waals surface area contributed by atoms with Gasteiger partial charge in [0.2, 0.25) is 0 Å². The van der Waals surface area contributed by atoms with Crippen LogP contribution in [-0.4, -0.2) is 61.8 Å². The molecule has 0 spiro atoms. The quantitative estimate of drug-likeness (QED) is 0.734. The normalized spacial score (nSPS) is 19.6. The van der Waals surface area contributed by atoms with Gasteiger partial charge in [-0.3, -0.25) is 0 Å². The summed E-state index contributed by atoms with van der Waals surface area (Å²) in [6, 6.07) is 0. The summed E-state index contributed by atoms with van der Waals surface area (Å²) in [6.45, 7) is 9.39. The fourth-order valence-corrected chi connectivity index (χ4v) is 3.24. The lowest BCUT2D eigenvalue weighted by molar-refractivity contribution is 0.0347. The van der Waals surface area contributed by atoms with Gasteiger partial charge in [0, 0.05) is 38.2 Å². The van der Waals surface area contributed by atoms with Crippen molar-refractivity contribution in [3.05, 3.63) is 0 Å². The Morgan fingerprint density at radius 2 is 1.68 bits per heavy atom. The molecule has 1 rings (SSSR count). The highest BCUT2D eigenvalue weighted by atomic mass is 16.3. The number of nitrogens with zero attached hydrogens (tertiary/aromatic N) is 2. The molecule has 0 saturated heterocycles. The summed E-state index contributed by atoms with van der Waals surface area (Å²) < 4.78 is 0. The van der Waals surface area contributed by atoms with E-state index < -0.39 is 0 Å². The first kappa shape index (κ1) is 16.9. The number of likely N-dealkylation sites (N-methyl/N-ethyl adjacent to an activating group) is 1. The van der Waals surface area contributed by atoms with Crippen LogP contribution >= 0.6 is 0 Å². The van der Waals surface area contributed by atoms with Crippen molar-refractivity contribution in [2.45, 2.75) is 46.0 Å². The molecule has 1 aliphatic rings. The Balaban J connectivity index is 2.57. The van der Waals surface area contributed by atoms with Gasteiger partial charge in [0.15, 0.2) is 0 Å². The van der Waals surface area contributed by atoms with E-state index in [2.05, 4.69) is 37.7 Å². The molecule has 114 valence electrons. The third-order valence-electron chi connectivity index (χ3n) is 4.30. The van der Waals surface area contributed by atoms with Gasteiger partial charge in [-0.05, 0) is 32.9 Å². The van der Waals surface area contributed by atoms with Gasteiger partial charge in [-0.1, -0.05) is 33.1 Å². The van der Waals surface area contributed by atoms with Crippen molar-refractivity contribution < 1.29 is 5.11 Å². The average molecular weight is 270 g/mol.